The zero-order valence-electron chi connectivity index (χ0n) is 16.8. The zero-order chi connectivity index (χ0) is 21.5. The molecule has 1 unspecified atom stereocenters. The highest BCUT2D eigenvalue weighted by Crippen LogP contribution is 2.39. The molecule has 1 atom stereocenters. The summed E-state index contributed by atoms with van der Waals surface area (Å²) in [6, 6.07) is 6.60. The van der Waals surface area contributed by atoms with Crippen molar-refractivity contribution < 1.29 is 27.1 Å². The van der Waals surface area contributed by atoms with E-state index in [1.165, 1.54) is 17.0 Å². The maximum atomic E-state index is 13.5. The normalized spacial score (nSPS) is 20.8. The van der Waals surface area contributed by atoms with Gasteiger partial charge in [0.05, 0.1) is 0 Å². The minimum Gasteiger partial charge on any atom is -0.437 e. The molecular formula is C21H25F4N3O2. The maximum absolute atomic E-state index is 13.5. The van der Waals surface area contributed by atoms with Gasteiger partial charge in [0, 0.05) is 41.8 Å². The average Bonchev–Trinajstić information content (AvgIpc) is 3.25. The van der Waals surface area contributed by atoms with Gasteiger partial charge in [0.2, 0.25) is 0 Å². The molecule has 164 valence electrons. The first-order valence-corrected chi connectivity index (χ1v) is 10.2. The number of carbonyl (C=O) groups is 1. The first kappa shape index (κ1) is 21.0. The van der Waals surface area contributed by atoms with Gasteiger partial charge >= 0.3 is 12.3 Å². The van der Waals surface area contributed by atoms with Gasteiger partial charge in [-0.1, -0.05) is 0 Å². The number of fused-ring (bicyclic) bond motifs is 1. The molecule has 30 heavy (non-hydrogen) atoms. The zero-order valence-corrected chi connectivity index (χ0v) is 16.8. The van der Waals surface area contributed by atoms with Gasteiger partial charge < -0.3 is 14.6 Å². The molecular weight excluding hydrogens is 402 g/mol. The van der Waals surface area contributed by atoms with Crippen molar-refractivity contribution >= 4 is 17.0 Å². The number of aromatic amines is 1. The van der Waals surface area contributed by atoms with Gasteiger partial charge in [-0.25, -0.2) is 9.18 Å². The molecule has 5 nitrogen and oxygen atoms in total. The molecule has 3 heterocycles. The summed E-state index contributed by atoms with van der Waals surface area (Å²) >= 11 is 0. The van der Waals surface area contributed by atoms with E-state index in [0.29, 0.717) is 32.5 Å². The predicted molar refractivity (Wildman–Crippen MR) is 103 cm³/mol. The number of carbonyl (C=O) groups excluding carboxylic acids is 1. The smallest absolute Gasteiger partial charge is 0.425 e. The third kappa shape index (κ3) is 4.12. The molecule has 1 aromatic heterocycles. The summed E-state index contributed by atoms with van der Waals surface area (Å²) < 4.78 is 56.0. The second-order valence-corrected chi connectivity index (χ2v) is 8.33. The fourth-order valence-electron chi connectivity index (χ4n) is 4.66. The Kier molecular flexibility index (Phi) is 5.42. The Hall–Kier alpha value is -2.29. The number of benzene rings is 1. The minimum absolute atomic E-state index is 0.0744. The van der Waals surface area contributed by atoms with Crippen LogP contribution in [0.25, 0.3) is 10.9 Å². The van der Waals surface area contributed by atoms with E-state index in [-0.39, 0.29) is 11.4 Å². The Labute approximate surface area is 172 Å². The highest BCUT2D eigenvalue weighted by molar-refractivity contribution is 5.80. The van der Waals surface area contributed by atoms with Gasteiger partial charge in [-0.3, -0.25) is 4.90 Å². The molecule has 2 aromatic rings. The van der Waals surface area contributed by atoms with E-state index in [2.05, 4.69) is 14.6 Å². The van der Waals surface area contributed by atoms with Gasteiger partial charge in [-0.05, 0) is 63.4 Å². The topological polar surface area (TPSA) is 48.6 Å². The van der Waals surface area contributed by atoms with E-state index in [4.69, 9.17) is 0 Å². The summed E-state index contributed by atoms with van der Waals surface area (Å²) in [5.41, 5.74) is 1.81. The first-order valence-electron chi connectivity index (χ1n) is 10.2. The number of nitrogens with one attached hydrogen (secondary N) is 1. The highest BCUT2D eigenvalue weighted by atomic mass is 19.4. The van der Waals surface area contributed by atoms with Crippen LogP contribution < -0.4 is 0 Å². The van der Waals surface area contributed by atoms with Crippen LogP contribution in [0.3, 0.4) is 0 Å². The molecule has 1 N–H and O–H groups in total. The van der Waals surface area contributed by atoms with Crippen LogP contribution in [-0.4, -0.2) is 58.3 Å². The third-order valence-corrected chi connectivity index (χ3v) is 6.43. The minimum atomic E-state index is -4.56. The molecule has 0 saturated carbocycles. The molecule has 0 aliphatic carbocycles. The molecule has 1 spiro atoms. The molecule has 9 heteroatoms. The van der Waals surface area contributed by atoms with Crippen LogP contribution in [0.1, 0.15) is 38.3 Å². The van der Waals surface area contributed by atoms with Crippen molar-refractivity contribution in [2.75, 3.05) is 19.6 Å². The molecule has 0 radical (unpaired) electrons. The number of likely N-dealkylation sites (tertiary alicyclic amines) is 2. The Morgan fingerprint density at radius 3 is 2.63 bits per heavy atom. The quantitative estimate of drug-likeness (QED) is 0.715. The number of H-pyrrole nitrogens is 1. The highest BCUT2D eigenvalue weighted by Gasteiger charge is 2.45. The Morgan fingerprint density at radius 2 is 1.93 bits per heavy atom. The SMILES string of the molecule is CC(OC(=O)N1CCC2(CCCN2Cc2cc3cc(F)ccc3[nH]2)CC1)C(F)(F)F. The molecule has 2 aliphatic rings. The first-order chi connectivity index (χ1) is 14.2. The number of hydrogen-bond donors (Lipinski definition) is 1. The number of ether oxygens (including phenoxy) is 1. The van der Waals surface area contributed by atoms with Gasteiger partial charge in [0.25, 0.3) is 0 Å². The van der Waals surface area contributed by atoms with Crippen LogP contribution in [-0.2, 0) is 11.3 Å². The lowest BCUT2D eigenvalue weighted by Crippen LogP contribution is -2.53. The van der Waals surface area contributed by atoms with E-state index >= 15 is 0 Å². The van der Waals surface area contributed by atoms with Crippen molar-refractivity contribution in [1.82, 2.24) is 14.8 Å². The van der Waals surface area contributed by atoms with Crippen molar-refractivity contribution in [3.8, 4) is 0 Å². The second-order valence-electron chi connectivity index (χ2n) is 8.33. The molecule has 1 aromatic carbocycles. The lowest BCUT2D eigenvalue weighted by Gasteiger charge is -2.44. The summed E-state index contributed by atoms with van der Waals surface area (Å²) in [4.78, 5) is 19.2. The molecule has 2 saturated heterocycles. The summed E-state index contributed by atoms with van der Waals surface area (Å²) in [6.45, 7) is 3.19. The van der Waals surface area contributed by atoms with Crippen LogP contribution in [0.4, 0.5) is 22.4 Å². The number of piperidine rings is 1. The van der Waals surface area contributed by atoms with Crippen LogP contribution in [0.2, 0.25) is 0 Å². The van der Waals surface area contributed by atoms with Gasteiger partial charge in [-0.15, -0.1) is 0 Å². The second kappa shape index (κ2) is 7.76. The summed E-state index contributed by atoms with van der Waals surface area (Å²) in [5.74, 6) is -0.273. The maximum Gasteiger partial charge on any atom is 0.425 e. The number of aromatic nitrogens is 1. The van der Waals surface area contributed by atoms with E-state index in [1.54, 1.807) is 6.07 Å². The fourth-order valence-corrected chi connectivity index (χ4v) is 4.66. The predicted octanol–water partition coefficient (Wildman–Crippen LogP) is 4.82. The monoisotopic (exact) mass is 427 g/mol. The molecule has 2 aliphatic heterocycles. The number of hydrogen-bond acceptors (Lipinski definition) is 3. The van der Waals surface area contributed by atoms with E-state index < -0.39 is 18.4 Å². The average molecular weight is 427 g/mol. The lowest BCUT2D eigenvalue weighted by molar-refractivity contribution is -0.200. The summed E-state index contributed by atoms with van der Waals surface area (Å²) in [5, 5.41) is 0.828. The lowest BCUT2D eigenvalue weighted by atomic mass is 9.85. The number of nitrogens with zero attached hydrogens (tertiary/aromatic N) is 2. The van der Waals surface area contributed by atoms with Crippen molar-refractivity contribution in [2.24, 2.45) is 0 Å². The fraction of sp³-hybridized carbons (Fsp3) is 0.571. The van der Waals surface area contributed by atoms with E-state index in [1.807, 2.05) is 6.07 Å². The number of halogens is 4. The van der Waals surface area contributed by atoms with Crippen molar-refractivity contribution in [3.63, 3.8) is 0 Å². The Bertz CT molecular complexity index is 919. The summed E-state index contributed by atoms with van der Waals surface area (Å²) in [7, 11) is 0. The van der Waals surface area contributed by atoms with E-state index in [9.17, 15) is 22.4 Å². The van der Waals surface area contributed by atoms with Gasteiger partial charge in [-0.2, -0.15) is 13.2 Å². The number of alkyl halides is 3. The standard InChI is InChI=1S/C21H25F4N3O2/c1-14(21(23,24)25)30-19(29)27-9-6-20(7-10-27)5-2-8-28(20)13-17-12-15-11-16(22)3-4-18(15)26-17/h3-4,11-12,14,26H,2,5-10,13H2,1H3. The van der Waals surface area contributed by atoms with Crippen LogP contribution in [0.15, 0.2) is 24.3 Å². The Balaban J connectivity index is 1.39. The number of rotatable bonds is 3. The Morgan fingerprint density at radius 1 is 1.20 bits per heavy atom. The molecule has 0 bridgehead atoms. The molecule has 2 fully saturated rings. The van der Waals surface area contributed by atoms with Crippen molar-refractivity contribution in [3.05, 3.63) is 35.8 Å². The van der Waals surface area contributed by atoms with Crippen LogP contribution in [0, 0.1) is 5.82 Å². The molecule has 4 rings (SSSR count). The molecule has 1 amide bonds. The van der Waals surface area contributed by atoms with Crippen LogP contribution in [0.5, 0.6) is 0 Å². The third-order valence-electron chi connectivity index (χ3n) is 6.43. The van der Waals surface area contributed by atoms with Crippen molar-refractivity contribution in [2.45, 2.75) is 57.0 Å². The summed E-state index contributed by atoms with van der Waals surface area (Å²) in [6.07, 6.45) is -4.17. The number of amides is 1. The van der Waals surface area contributed by atoms with Gasteiger partial charge in [0.15, 0.2) is 6.10 Å². The van der Waals surface area contributed by atoms with Crippen molar-refractivity contribution in [1.29, 1.82) is 0 Å². The van der Waals surface area contributed by atoms with Gasteiger partial charge in [0.1, 0.15) is 5.82 Å². The van der Waals surface area contributed by atoms with Crippen LogP contribution >= 0.6 is 0 Å². The van der Waals surface area contributed by atoms with E-state index in [0.717, 1.165) is 42.9 Å². The largest absolute Gasteiger partial charge is 0.437 e.